The maximum atomic E-state index is 4.73. The van der Waals surface area contributed by atoms with Crippen LogP contribution < -0.4 is 0 Å². The van der Waals surface area contributed by atoms with E-state index in [-0.39, 0.29) is 0 Å². The van der Waals surface area contributed by atoms with Gasteiger partial charge >= 0.3 is 0 Å². The van der Waals surface area contributed by atoms with Crippen LogP contribution >= 0.6 is 0 Å². The summed E-state index contributed by atoms with van der Waals surface area (Å²) >= 11 is 0. The van der Waals surface area contributed by atoms with Gasteiger partial charge in [-0.2, -0.15) is 0 Å². The fourth-order valence-corrected chi connectivity index (χ4v) is 5.52. The summed E-state index contributed by atoms with van der Waals surface area (Å²) in [7, 11) is 0. The number of hydrogen-bond donors (Lipinski definition) is 0. The van der Waals surface area contributed by atoms with Gasteiger partial charge in [0.25, 0.3) is 0 Å². The van der Waals surface area contributed by atoms with Crippen LogP contribution in [0.5, 0.6) is 0 Å². The molecule has 52 heavy (non-hydrogen) atoms. The Bertz CT molecular complexity index is 1960. The van der Waals surface area contributed by atoms with Gasteiger partial charge in [-0.25, -0.2) is 15.0 Å². The molecule has 5 nitrogen and oxygen atoms in total. The lowest BCUT2D eigenvalue weighted by Gasteiger charge is -2.09. The lowest BCUT2D eigenvalue weighted by Crippen LogP contribution is -2.03. The Kier molecular flexibility index (Phi) is 16.6. The summed E-state index contributed by atoms with van der Waals surface area (Å²) in [5.74, 6) is 2.09. The Balaban J connectivity index is 0.000000223. The van der Waals surface area contributed by atoms with Crippen molar-refractivity contribution in [1.29, 1.82) is 0 Å². The molecule has 5 heteroatoms. The van der Waals surface area contributed by atoms with Crippen LogP contribution in [-0.2, 0) is 6.54 Å². The number of amidine groups is 3. The molecule has 2 aliphatic carbocycles. The SMILES string of the molecule is C=NC(C)=NC(=NCC1=CCCC=C1)c1ccc(-c2ccccc2)cc1.CC.CC=NC(=NCc1ccccc1)c1cccc(C2=CCCC=C2)c1. The molecule has 0 N–H and O–H groups in total. The summed E-state index contributed by atoms with van der Waals surface area (Å²) in [6, 6.07) is 37.4. The third kappa shape index (κ3) is 12.5. The van der Waals surface area contributed by atoms with Crippen LogP contribution in [0.2, 0.25) is 0 Å². The van der Waals surface area contributed by atoms with Gasteiger partial charge in [-0.15, -0.1) is 0 Å². The largest absolute Gasteiger partial charge is 0.261 e. The Morgan fingerprint density at radius 1 is 0.635 bits per heavy atom. The van der Waals surface area contributed by atoms with Gasteiger partial charge in [0, 0.05) is 17.3 Å². The highest BCUT2D eigenvalue weighted by molar-refractivity contribution is 6.07. The van der Waals surface area contributed by atoms with Crippen LogP contribution in [0.25, 0.3) is 16.7 Å². The van der Waals surface area contributed by atoms with Gasteiger partial charge in [-0.1, -0.05) is 153 Å². The van der Waals surface area contributed by atoms with Crippen LogP contribution in [0.4, 0.5) is 0 Å². The van der Waals surface area contributed by atoms with Gasteiger partial charge in [0.05, 0.1) is 13.1 Å². The standard InChI is InChI=1S/C23H23N3.C22H22N2.C2H6/c1-18(24-2)26-23(25-17-19-9-5-3-6-10-19)22-15-13-21(14-16-22)20-11-7-4-8-12-20;1-2-23-22(24-17-18-10-5-3-6-11-18)21-15-9-14-20(16-21)19-12-7-4-8-13-19;1-2/h4-5,7-16H,2-3,6,17H2,1H3;2-3,5-7,9-16H,4,8,17H2,1H3;1-2H3. The van der Waals surface area contributed by atoms with E-state index in [0.29, 0.717) is 24.8 Å². The molecule has 0 radical (unpaired) electrons. The predicted molar refractivity (Wildman–Crippen MR) is 227 cm³/mol. The highest BCUT2D eigenvalue weighted by Gasteiger charge is 2.08. The lowest BCUT2D eigenvalue weighted by atomic mass is 9.98. The van der Waals surface area contributed by atoms with Crippen molar-refractivity contribution in [2.45, 2.75) is 59.9 Å². The van der Waals surface area contributed by atoms with E-state index in [1.807, 2.05) is 64.1 Å². The van der Waals surface area contributed by atoms with Crippen molar-refractivity contribution < 1.29 is 0 Å². The van der Waals surface area contributed by atoms with Gasteiger partial charge in [-0.3, -0.25) is 9.98 Å². The Labute approximate surface area is 311 Å². The number of hydrogen-bond acceptors (Lipinski definition) is 2. The fourth-order valence-electron chi connectivity index (χ4n) is 5.52. The number of nitrogens with zero attached hydrogens (tertiary/aromatic N) is 5. The molecule has 0 atom stereocenters. The van der Waals surface area contributed by atoms with Gasteiger partial charge in [-0.05, 0) is 85.7 Å². The Morgan fingerprint density at radius 3 is 1.90 bits per heavy atom. The minimum atomic E-state index is 0.615. The number of rotatable bonds is 8. The minimum absolute atomic E-state index is 0.615. The fraction of sp³-hybridized carbons (Fsp3) is 0.213. The molecule has 0 bridgehead atoms. The van der Waals surface area contributed by atoms with Gasteiger partial charge in [0.15, 0.2) is 11.7 Å². The van der Waals surface area contributed by atoms with Gasteiger partial charge in [0.1, 0.15) is 5.84 Å². The molecule has 0 unspecified atom stereocenters. The summed E-state index contributed by atoms with van der Waals surface area (Å²) in [6.45, 7) is 12.6. The van der Waals surface area contributed by atoms with E-state index in [0.717, 1.165) is 42.6 Å². The second-order valence-corrected chi connectivity index (χ2v) is 11.9. The highest BCUT2D eigenvalue weighted by atomic mass is 15.0. The number of allylic oxidation sites excluding steroid dienone is 6. The third-order valence-electron chi connectivity index (χ3n) is 8.18. The van der Waals surface area contributed by atoms with E-state index in [4.69, 9.17) is 9.98 Å². The van der Waals surface area contributed by atoms with Crippen LogP contribution in [0.15, 0.2) is 176 Å². The zero-order chi connectivity index (χ0) is 36.8. The van der Waals surface area contributed by atoms with E-state index in [9.17, 15) is 0 Å². The van der Waals surface area contributed by atoms with Gasteiger partial charge in [0.2, 0.25) is 0 Å². The first kappa shape index (κ1) is 39.0. The van der Waals surface area contributed by atoms with Crippen molar-refractivity contribution in [3.05, 3.63) is 173 Å². The topological polar surface area (TPSA) is 61.8 Å². The summed E-state index contributed by atoms with van der Waals surface area (Å²) < 4.78 is 0. The van der Waals surface area contributed by atoms with E-state index in [1.54, 1.807) is 6.21 Å². The molecule has 0 saturated carbocycles. The Hall–Kier alpha value is -5.81. The Morgan fingerprint density at radius 2 is 1.27 bits per heavy atom. The third-order valence-corrected chi connectivity index (χ3v) is 8.18. The molecule has 4 aromatic carbocycles. The summed E-state index contributed by atoms with van der Waals surface area (Å²) in [4.78, 5) is 22.4. The quantitative estimate of drug-likeness (QED) is 0.131. The molecule has 0 amide bonds. The monoisotopic (exact) mass is 685 g/mol. The van der Waals surface area contributed by atoms with Crippen molar-refractivity contribution in [2.75, 3.05) is 6.54 Å². The highest BCUT2D eigenvalue weighted by Crippen LogP contribution is 2.23. The second kappa shape index (κ2) is 22.1. The maximum Gasteiger partial charge on any atom is 0.157 e. The van der Waals surface area contributed by atoms with Crippen molar-refractivity contribution in [3.63, 3.8) is 0 Å². The first-order chi connectivity index (χ1) is 25.6. The maximum absolute atomic E-state index is 4.73. The molecule has 0 saturated heterocycles. The zero-order valence-electron chi connectivity index (χ0n) is 31.1. The van der Waals surface area contributed by atoms with Crippen molar-refractivity contribution in [1.82, 2.24) is 0 Å². The smallest absolute Gasteiger partial charge is 0.157 e. The zero-order valence-corrected chi connectivity index (χ0v) is 31.1. The summed E-state index contributed by atoms with van der Waals surface area (Å²) in [5.41, 5.74) is 9.34. The molecule has 0 heterocycles. The summed E-state index contributed by atoms with van der Waals surface area (Å²) in [5, 5.41) is 0. The molecular formula is C47H51N5. The average Bonchev–Trinajstić information content (AvgIpc) is 3.23. The first-order valence-corrected chi connectivity index (χ1v) is 18.3. The molecule has 264 valence electrons. The summed E-state index contributed by atoms with van der Waals surface area (Å²) in [6.07, 6.45) is 19.5. The van der Waals surface area contributed by atoms with Crippen molar-refractivity contribution in [2.24, 2.45) is 25.0 Å². The first-order valence-electron chi connectivity index (χ1n) is 18.3. The molecule has 2 aliphatic rings. The lowest BCUT2D eigenvalue weighted by molar-refractivity contribution is 0.994. The van der Waals surface area contributed by atoms with Crippen LogP contribution in [-0.4, -0.2) is 37.0 Å². The van der Waals surface area contributed by atoms with E-state index in [2.05, 4.69) is 131 Å². The predicted octanol–water partition coefficient (Wildman–Crippen LogP) is 12.0. The molecule has 4 aromatic rings. The normalized spacial score (nSPS) is 14.4. The van der Waals surface area contributed by atoms with E-state index < -0.39 is 0 Å². The molecule has 0 aliphatic heterocycles. The minimum Gasteiger partial charge on any atom is -0.261 e. The molecule has 6 rings (SSSR count). The van der Waals surface area contributed by atoms with Crippen LogP contribution in [0.1, 0.15) is 75.6 Å². The van der Waals surface area contributed by atoms with E-state index in [1.165, 1.54) is 33.4 Å². The number of benzene rings is 4. The van der Waals surface area contributed by atoms with Crippen molar-refractivity contribution >= 4 is 36.0 Å². The molecule has 0 fully saturated rings. The molecular weight excluding hydrogens is 635 g/mol. The van der Waals surface area contributed by atoms with Crippen LogP contribution in [0, 0.1) is 0 Å². The molecule has 0 spiro atoms. The van der Waals surface area contributed by atoms with Crippen molar-refractivity contribution in [3.8, 4) is 11.1 Å². The number of aliphatic imine (C=N–C) groups is 5. The van der Waals surface area contributed by atoms with Crippen LogP contribution in [0.3, 0.4) is 0 Å². The molecule has 0 aromatic heterocycles. The van der Waals surface area contributed by atoms with Gasteiger partial charge < -0.3 is 0 Å². The second-order valence-electron chi connectivity index (χ2n) is 11.9. The average molecular weight is 686 g/mol. The van der Waals surface area contributed by atoms with E-state index >= 15 is 0 Å².